The van der Waals surface area contributed by atoms with Gasteiger partial charge in [-0.05, 0) is 39.4 Å². The summed E-state index contributed by atoms with van der Waals surface area (Å²) in [4.78, 5) is 19.5. The lowest BCUT2D eigenvalue weighted by molar-refractivity contribution is 0.00924. The van der Waals surface area contributed by atoms with E-state index in [0.717, 1.165) is 66.9 Å². The first-order chi connectivity index (χ1) is 14.8. The highest BCUT2D eigenvalue weighted by Crippen LogP contribution is 2.34. The van der Waals surface area contributed by atoms with Gasteiger partial charge in [0.25, 0.3) is 0 Å². The van der Waals surface area contributed by atoms with E-state index in [0.29, 0.717) is 11.6 Å². The van der Waals surface area contributed by atoms with E-state index in [4.69, 9.17) is 31.3 Å². The number of piperazine rings is 1. The standard InChI is InChI=1S/C23H31ClN6O.ClH/c1-6-28-11-13-29(14-12-28)21-19-22(26-16(2)25-21)30(15-23(3,4)31-5)20(27-19)17-9-7-8-10-18(17)24;/h7-10H,6,11-15H2,1-5H3;1H. The summed E-state index contributed by atoms with van der Waals surface area (Å²) < 4.78 is 7.87. The molecule has 2 aromatic heterocycles. The molecule has 3 aromatic rings. The van der Waals surface area contributed by atoms with E-state index in [1.54, 1.807) is 7.11 Å². The van der Waals surface area contributed by atoms with Crippen LogP contribution in [0.3, 0.4) is 0 Å². The molecule has 0 spiro atoms. The third kappa shape index (κ3) is 4.86. The van der Waals surface area contributed by atoms with Crippen molar-refractivity contribution in [3.63, 3.8) is 0 Å². The van der Waals surface area contributed by atoms with Crippen LogP contribution in [0.1, 0.15) is 26.6 Å². The molecule has 1 saturated heterocycles. The number of likely N-dealkylation sites (N-methyl/N-ethyl adjacent to an activating group) is 1. The Hall–Kier alpha value is -1.93. The Balaban J connectivity index is 0.00000289. The number of aryl methyl sites for hydroxylation is 1. The highest BCUT2D eigenvalue weighted by molar-refractivity contribution is 6.33. The second kappa shape index (κ2) is 9.91. The number of anilines is 1. The summed E-state index contributed by atoms with van der Waals surface area (Å²) in [7, 11) is 1.73. The Labute approximate surface area is 201 Å². The summed E-state index contributed by atoms with van der Waals surface area (Å²) in [5.41, 5.74) is 2.13. The van der Waals surface area contributed by atoms with Crippen molar-refractivity contribution in [1.82, 2.24) is 24.4 Å². The average Bonchev–Trinajstić information content (AvgIpc) is 3.11. The summed E-state index contributed by atoms with van der Waals surface area (Å²) in [5.74, 6) is 2.43. The van der Waals surface area contributed by atoms with Gasteiger partial charge in [-0.15, -0.1) is 12.4 Å². The predicted molar refractivity (Wildman–Crippen MR) is 133 cm³/mol. The number of fused-ring (bicyclic) bond motifs is 1. The number of rotatable bonds is 6. The number of hydrogen-bond donors (Lipinski definition) is 0. The lowest BCUT2D eigenvalue weighted by Crippen LogP contribution is -2.46. The van der Waals surface area contributed by atoms with Crippen LogP contribution in [0.5, 0.6) is 0 Å². The summed E-state index contributed by atoms with van der Waals surface area (Å²) in [5, 5.41) is 0.664. The first-order valence-corrected chi connectivity index (χ1v) is 11.2. The van der Waals surface area contributed by atoms with E-state index in [2.05, 4.69) is 35.1 Å². The summed E-state index contributed by atoms with van der Waals surface area (Å²) >= 11 is 6.58. The van der Waals surface area contributed by atoms with E-state index in [-0.39, 0.29) is 12.4 Å². The highest BCUT2D eigenvalue weighted by atomic mass is 35.5. The molecule has 7 nitrogen and oxygen atoms in total. The van der Waals surface area contributed by atoms with E-state index >= 15 is 0 Å². The van der Waals surface area contributed by atoms with Crippen LogP contribution in [0, 0.1) is 6.92 Å². The van der Waals surface area contributed by atoms with Gasteiger partial charge in [0, 0.05) is 38.9 Å². The smallest absolute Gasteiger partial charge is 0.166 e. The monoisotopic (exact) mass is 478 g/mol. The van der Waals surface area contributed by atoms with Gasteiger partial charge in [0.05, 0.1) is 17.2 Å². The SMILES string of the molecule is CCN1CCN(c2nc(C)nc3c2nc(-c2ccccc2Cl)n3CC(C)(C)OC)CC1.Cl. The maximum absolute atomic E-state index is 6.58. The number of halogens is 2. The van der Waals surface area contributed by atoms with Gasteiger partial charge >= 0.3 is 0 Å². The number of imidazole rings is 1. The third-order valence-corrected chi connectivity index (χ3v) is 6.34. The van der Waals surface area contributed by atoms with Crippen LogP contribution in [0.4, 0.5) is 5.82 Å². The number of hydrogen-bond acceptors (Lipinski definition) is 6. The van der Waals surface area contributed by atoms with Gasteiger partial charge in [-0.1, -0.05) is 30.7 Å². The normalized spacial score (nSPS) is 15.2. The lowest BCUT2D eigenvalue weighted by Gasteiger charge is -2.34. The van der Waals surface area contributed by atoms with Crippen LogP contribution in [0.25, 0.3) is 22.6 Å². The van der Waals surface area contributed by atoms with Crippen molar-refractivity contribution in [2.75, 3.05) is 44.7 Å². The van der Waals surface area contributed by atoms with Crippen molar-refractivity contribution < 1.29 is 4.74 Å². The molecule has 1 aromatic carbocycles. The molecule has 0 saturated carbocycles. The minimum Gasteiger partial charge on any atom is -0.377 e. The van der Waals surface area contributed by atoms with Crippen LogP contribution in [-0.4, -0.2) is 69.9 Å². The van der Waals surface area contributed by atoms with Crippen molar-refractivity contribution >= 4 is 41.0 Å². The summed E-state index contributed by atoms with van der Waals surface area (Å²) in [6.45, 7) is 13.9. The van der Waals surface area contributed by atoms with Gasteiger partial charge in [0.15, 0.2) is 17.0 Å². The molecule has 1 aliphatic heterocycles. The molecule has 1 fully saturated rings. The minimum absolute atomic E-state index is 0. The van der Waals surface area contributed by atoms with Gasteiger partial charge in [-0.3, -0.25) is 0 Å². The zero-order valence-electron chi connectivity index (χ0n) is 19.4. The average molecular weight is 479 g/mol. The molecule has 0 aliphatic carbocycles. The maximum atomic E-state index is 6.58. The fourth-order valence-corrected chi connectivity index (χ4v) is 4.25. The molecule has 0 bridgehead atoms. The Kier molecular flexibility index (Phi) is 7.65. The van der Waals surface area contributed by atoms with Gasteiger partial charge < -0.3 is 19.1 Å². The molecule has 174 valence electrons. The number of nitrogens with zero attached hydrogens (tertiary/aromatic N) is 6. The van der Waals surface area contributed by atoms with Crippen molar-refractivity contribution in [3.05, 3.63) is 35.1 Å². The largest absolute Gasteiger partial charge is 0.377 e. The van der Waals surface area contributed by atoms with Crippen LogP contribution in [-0.2, 0) is 11.3 Å². The Morgan fingerprint density at radius 2 is 1.75 bits per heavy atom. The quantitative estimate of drug-likeness (QED) is 0.521. The second-order valence-corrected chi connectivity index (χ2v) is 9.06. The molecule has 0 atom stereocenters. The van der Waals surface area contributed by atoms with E-state index in [1.165, 1.54) is 0 Å². The van der Waals surface area contributed by atoms with Crippen LogP contribution in [0.15, 0.2) is 24.3 Å². The molecule has 0 amide bonds. The van der Waals surface area contributed by atoms with Crippen molar-refractivity contribution in [1.29, 1.82) is 0 Å². The zero-order valence-corrected chi connectivity index (χ0v) is 21.0. The number of ether oxygens (including phenoxy) is 1. The molecule has 0 N–H and O–H groups in total. The molecular weight excluding hydrogens is 447 g/mol. The first kappa shape index (κ1) is 24.7. The minimum atomic E-state index is -0.393. The van der Waals surface area contributed by atoms with Gasteiger partial charge in [0.2, 0.25) is 0 Å². The number of methoxy groups -OCH3 is 1. The van der Waals surface area contributed by atoms with Crippen molar-refractivity contribution in [2.45, 2.75) is 39.8 Å². The van der Waals surface area contributed by atoms with Gasteiger partial charge in [0.1, 0.15) is 11.6 Å². The van der Waals surface area contributed by atoms with E-state index in [1.807, 2.05) is 31.2 Å². The molecule has 32 heavy (non-hydrogen) atoms. The lowest BCUT2D eigenvalue weighted by atomic mass is 10.1. The fourth-order valence-electron chi connectivity index (χ4n) is 4.03. The second-order valence-electron chi connectivity index (χ2n) is 8.65. The molecule has 0 unspecified atom stereocenters. The molecule has 4 rings (SSSR count). The molecule has 0 radical (unpaired) electrons. The molecule has 1 aliphatic rings. The first-order valence-electron chi connectivity index (χ1n) is 10.8. The fraction of sp³-hybridized carbons (Fsp3) is 0.522. The Bertz CT molecular complexity index is 1080. The molecule has 3 heterocycles. The number of aromatic nitrogens is 4. The summed E-state index contributed by atoms with van der Waals surface area (Å²) in [6, 6.07) is 7.80. The topological polar surface area (TPSA) is 59.3 Å². The summed E-state index contributed by atoms with van der Waals surface area (Å²) in [6.07, 6.45) is 0. The predicted octanol–water partition coefficient (Wildman–Crippen LogP) is 4.44. The molecular formula is C23H32Cl2N6O. The third-order valence-electron chi connectivity index (χ3n) is 6.01. The van der Waals surface area contributed by atoms with Gasteiger partial charge in [-0.25, -0.2) is 15.0 Å². The maximum Gasteiger partial charge on any atom is 0.166 e. The Morgan fingerprint density at radius 3 is 2.38 bits per heavy atom. The highest BCUT2D eigenvalue weighted by Gasteiger charge is 2.27. The van der Waals surface area contributed by atoms with Crippen LogP contribution in [0.2, 0.25) is 5.02 Å². The number of benzene rings is 1. The van der Waals surface area contributed by atoms with Crippen molar-refractivity contribution in [2.24, 2.45) is 0 Å². The zero-order chi connectivity index (χ0) is 22.2. The van der Waals surface area contributed by atoms with Gasteiger partial charge in [-0.2, -0.15) is 0 Å². The van der Waals surface area contributed by atoms with Crippen molar-refractivity contribution in [3.8, 4) is 11.4 Å². The van der Waals surface area contributed by atoms with E-state index in [9.17, 15) is 0 Å². The van der Waals surface area contributed by atoms with E-state index < -0.39 is 5.60 Å². The Morgan fingerprint density at radius 1 is 1.06 bits per heavy atom. The molecule has 9 heteroatoms. The van der Waals surface area contributed by atoms with Crippen LogP contribution >= 0.6 is 24.0 Å². The van der Waals surface area contributed by atoms with Crippen LogP contribution < -0.4 is 4.90 Å².